The molecule has 3 aromatic carbocycles. The van der Waals surface area contributed by atoms with E-state index < -0.39 is 0 Å². The van der Waals surface area contributed by atoms with E-state index in [1.807, 2.05) is 19.1 Å². The molecule has 1 heterocycles. The number of rotatable bonds is 3. The lowest BCUT2D eigenvalue weighted by atomic mass is 10.1. The summed E-state index contributed by atoms with van der Waals surface area (Å²) in [5, 5.41) is 5.78. The van der Waals surface area contributed by atoms with Crippen LogP contribution in [-0.2, 0) is 0 Å². The van der Waals surface area contributed by atoms with E-state index in [9.17, 15) is 9.18 Å². The van der Waals surface area contributed by atoms with Crippen LogP contribution >= 0.6 is 12.2 Å². The van der Waals surface area contributed by atoms with E-state index in [0.29, 0.717) is 33.8 Å². The predicted molar refractivity (Wildman–Crippen MR) is 114 cm³/mol. The average Bonchev–Trinajstić information content (AvgIpc) is 3.12. The second kappa shape index (κ2) is 7.81. The zero-order valence-corrected chi connectivity index (χ0v) is 16.2. The van der Waals surface area contributed by atoms with Gasteiger partial charge in [-0.2, -0.15) is 0 Å². The molecule has 5 nitrogen and oxygen atoms in total. The van der Waals surface area contributed by atoms with Crippen molar-refractivity contribution in [2.75, 3.05) is 5.32 Å². The highest BCUT2D eigenvalue weighted by Crippen LogP contribution is 2.26. The van der Waals surface area contributed by atoms with Crippen molar-refractivity contribution in [2.24, 2.45) is 0 Å². The van der Waals surface area contributed by atoms with Crippen molar-refractivity contribution >= 4 is 40.0 Å². The van der Waals surface area contributed by atoms with E-state index in [2.05, 4.69) is 15.6 Å². The van der Waals surface area contributed by atoms with E-state index in [-0.39, 0.29) is 16.8 Å². The lowest BCUT2D eigenvalue weighted by Gasteiger charge is -2.09. The zero-order valence-electron chi connectivity index (χ0n) is 15.4. The zero-order chi connectivity index (χ0) is 20.4. The number of amides is 1. The van der Waals surface area contributed by atoms with Crippen molar-refractivity contribution in [1.82, 2.24) is 10.3 Å². The van der Waals surface area contributed by atoms with Gasteiger partial charge in [0.1, 0.15) is 11.3 Å². The maximum Gasteiger partial charge on any atom is 0.257 e. The van der Waals surface area contributed by atoms with Gasteiger partial charge in [-0.25, -0.2) is 9.37 Å². The number of carbonyl (C=O) groups is 1. The van der Waals surface area contributed by atoms with Crippen LogP contribution in [0.4, 0.5) is 10.1 Å². The van der Waals surface area contributed by atoms with Crippen molar-refractivity contribution in [3.8, 4) is 11.5 Å². The molecule has 0 radical (unpaired) electrons. The van der Waals surface area contributed by atoms with Crippen LogP contribution in [0.5, 0.6) is 0 Å². The normalized spacial score (nSPS) is 10.7. The molecule has 0 saturated heterocycles. The summed E-state index contributed by atoms with van der Waals surface area (Å²) in [7, 11) is 0. The molecule has 0 aliphatic carbocycles. The molecule has 144 valence electrons. The van der Waals surface area contributed by atoms with Gasteiger partial charge in [0, 0.05) is 16.8 Å². The van der Waals surface area contributed by atoms with Gasteiger partial charge in [0.05, 0.1) is 0 Å². The van der Waals surface area contributed by atoms with E-state index in [1.165, 1.54) is 12.1 Å². The lowest BCUT2D eigenvalue weighted by molar-refractivity contribution is 0.0977. The van der Waals surface area contributed by atoms with Crippen LogP contribution in [0.25, 0.3) is 22.6 Å². The highest BCUT2D eigenvalue weighted by molar-refractivity contribution is 7.80. The average molecular weight is 405 g/mol. The third-order valence-electron chi connectivity index (χ3n) is 4.26. The number of nitrogens with zero attached hydrogens (tertiary/aromatic N) is 1. The topological polar surface area (TPSA) is 67.2 Å². The minimum Gasteiger partial charge on any atom is -0.436 e. The summed E-state index contributed by atoms with van der Waals surface area (Å²) in [5.74, 6) is -0.327. The third-order valence-corrected chi connectivity index (χ3v) is 4.46. The third kappa shape index (κ3) is 4.30. The number of oxazole rings is 1. The van der Waals surface area contributed by atoms with Crippen LogP contribution in [0.2, 0.25) is 0 Å². The van der Waals surface area contributed by atoms with E-state index in [0.717, 1.165) is 5.56 Å². The van der Waals surface area contributed by atoms with Gasteiger partial charge in [-0.05, 0) is 67.7 Å². The van der Waals surface area contributed by atoms with Gasteiger partial charge < -0.3 is 9.73 Å². The molecule has 0 saturated carbocycles. The van der Waals surface area contributed by atoms with Crippen LogP contribution < -0.4 is 10.6 Å². The number of halogens is 1. The number of fused-ring (bicyclic) bond motifs is 1. The molecule has 1 aromatic heterocycles. The summed E-state index contributed by atoms with van der Waals surface area (Å²) in [6.07, 6.45) is 0. The van der Waals surface area contributed by atoms with E-state index >= 15 is 0 Å². The number of hydrogen-bond acceptors (Lipinski definition) is 4. The van der Waals surface area contributed by atoms with Gasteiger partial charge in [0.2, 0.25) is 5.89 Å². The number of aromatic nitrogens is 1. The Morgan fingerprint density at radius 2 is 1.86 bits per heavy atom. The smallest absolute Gasteiger partial charge is 0.257 e. The first-order valence-corrected chi connectivity index (χ1v) is 9.24. The molecule has 7 heteroatoms. The maximum absolute atomic E-state index is 13.4. The molecule has 4 rings (SSSR count). The Hall–Kier alpha value is -3.58. The molecular formula is C22H16FN3O2S. The summed E-state index contributed by atoms with van der Waals surface area (Å²) < 4.78 is 19.1. The Kier molecular flexibility index (Phi) is 5.05. The molecule has 4 aromatic rings. The molecule has 0 aliphatic heterocycles. The first-order valence-electron chi connectivity index (χ1n) is 8.83. The largest absolute Gasteiger partial charge is 0.436 e. The molecule has 0 aliphatic rings. The summed E-state index contributed by atoms with van der Waals surface area (Å²) in [6, 6.07) is 18.5. The summed E-state index contributed by atoms with van der Waals surface area (Å²) >= 11 is 5.23. The maximum atomic E-state index is 13.4. The number of benzene rings is 3. The Morgan fingerprint density at radius 1 is 1.07 bits per heavy atom. The number of nitrogens with one attached hydrogen (secondary N) is 2. The van der Waals surface area contributed by atoms with Gasteiger partial charge in [0.15, 0.2) is 10.7 Å². The van der Waals surface area contributed by atoms with E-state index in [4.69, 9.17) is 16.6 Å². The fraction of sp³-hybridized carbons (Fsp3) is 0.0455. The second-order valence-electron chi connectivity index (χ2n) is 6.49. The minimum absolute atomic E-state index is 0.170. The highest BCUT2D eigenvalue weighted by atomic mass is 32.1. The number of thiocarbonyl (C=S) groups is 1. The van der Waals surface area contributed by atoms with Crippen LogP contribution in [0.1, 0.15) is 15.9 Å². The first-order chi connectivity index (χ1) is 14.0. The predicted octanol–water partition coefficient (Wildman–Crippen LogP) is 5.07. The van der Waals surface area contributed by atoms with Crippen LogP contribution in [0, 0.1) is 12.7 Å². The quantitative estimate of drug-likeness (QED) is 0.466. The molecule has 0 bridgehead atoms. The molecule has 29 heavy (non-hydrogen) atoms. The summed E-state index contributed by atoms with van der Waals surface area (Å²) in [4.78, 5) is 16.7. The number of hydrogen-bond donors (Lipinski definition) is 2. The van der Waals surface area contributed by atoms with Gasteiger partial charge in [-0.3, -0.25) is 10.1 Å². The summed E-state index contributed by atoms with van der Waals surface area (Å²) in [6.45, 7) is 1.95. The fourth-order valence-corrected chi connectivity index (χ4v) is 3.00. The second-order valence-corrected chi connectivity index (χ2v) is 6.89. The standard InChI is InChI=1S/C22H16FN3O2S/c1-13-5-7-14(8-6-13)20(27)26-22(29)24-17-9-10-19-18(12-17)25-21(28-19)15-3-2-4-16(23)11-15/h2-12H,1H3,(H2,24,26,27,29). The Bertz CT molecular complexity index is 1220. The van der Waals surface area contributed by atoms with Crippen LogP contribution in [-0.4, -0.2) is 16.0 Å². The molecule has 0 fully saturated rings. The molecule has 0 unspecified atom stereocenters. The molecular weight excluding hydrogens is 389 g/mol. The SMILES string of the molecule is Cc1ccc(C(=O)NC(=S)Nc2ccc3oc(-c4cccc(F)c4)nc3c2)cc1. The number of aryl methyl sites for hydroxylation is 1. The van der Waals surface area contributed by atoms with Crippen molar-refractivity contribution in [2.45, 2.75) is 6.92 Å². The van der Waals surface area contributed by atoms with Crippen molar-refractivity contribution < 1.29 is 13.6 Å². The Labute approximate surface area is 171 Å². The van der Waals surface area contributed by atoms with Crippen LogP contribution in [0.15, 0.2) is 71.1 Å². The molecule has 2 N–H and O–H groups in total. The molecule has 0 atom stereocenters. The van der Waals surface area contributed by atoms with E-state index in [1.54, 1.807) is 42.5 Å². The first kappa shape index (κ1) is 18.8. The van der Waals surface area contributed by atoms with Crippen LogP contribution in [0.3, 0.4) is 0 Å². The molecule has 1 amide bonds. The van der Waals surface area contributed by atoms with Crippen molar-refractivity contribution in [3.05, 3.63) is 83.7 Å². The van der Waals surface area contributed by atoms with Crippen molar-refractivity contribution in [3.63, 3.8) is 0 Å². The monoisotopic (exact) mass is 405 g/mol. The lowest BCUT2D eigenvalue weighted by Crippen LogP contribution is -2.34. The van der Waals surface area contributed by atoms with Gasteiger partial charge in [0.25, 0.3) is 5.91 Å². The summed E-state index contributed by atoms with van der Waals surface area (Å²) in [5.41, 5.74) is 3.93. The highest BCUT2D eigenvalue weighted by Gasteiger charge is 2.11. The Morgan fingerprint density at radius 3 is 2.62 bits per heavy atom. The number of carbonyl (C=O) groups excluding carboxylic acids is 1. The molecule has 0 spiro atoms. The number of anilines is 1. The van der Waals surface area contributed by atoms with Gasteiger partial charge in [-0.1, -0.05) is 23.8 Å². The minimum atomic E-state index is -0.359. The fourth-order valence-electron chi connectivity index (χ4n) is 2.79. The Balaban J connectivity index is 1.48. The van der Waals surface area contributed by atoms with Crippen molar-refractivity contribution in [1.29, 1.82) is 0 Å². The van der Waals surface area contributed by atoms with Gasteiger partial charge in [-0.15, -0.1) is 0 Å². The van der Waals surface area contributed by atoms with Gasteiger partial charge >= 0.3 is 0 Å².